The molecule has 122 valence electrons. The molecule has 0 radical (unpaired) electrons. The summed E-state index contributed by atoms with van der Waals surface area (Å²) in [5.41, 5.74) is 12.9. The van der Waals surface area contributed by atoms with Gasteiger partial charge in [-0.15, -0.1) is 0 Å². The van der Waals surface area contributed by atoms with Crippen LogP contribution in [-0.4, -0.2) is 0 Å². The fourth-order valence-electron chi connectivity index (χ4n) is 2.81. The van der Waals surface area contributed by atoms with Gasteiger partial charge in [-0.05, 0) is 47.7 Å². The van der Waals surface area contributed by atoms with Crippen LogP contribution in [0.3, 0.4) is 0 Å². The lowest BCUT2D eigenvalue weighted by Gasteiger charge is -2.16. The van der Waals surface area contributed by atoms with Crippen molar-refractivity contribution in [3.8, 4) is 16.9 Å². The molecular formula is C22H23NO. The molecule has 0 heterocycles. The third kappa shape index (κ3) is 3.50. The van der Waals surface area contributed by atoms with Crippen molar-refractivity contribution in [1.82, 2.24) is 0 Å². The number of benzene rings is 3. The molecule has 24 heavy (non-hydrogen) atoms. The van der Waals surface area contributed by atoms with E-state index < -0.39 is 0 Å². The molecule has 2 nitrogen and oxygen atoms in total. The smallest absolute Gasteiger partial charge is 0.127 e. The molecule has 0 atom stereocenters. The number of rotatable bonds is 5. The summed E-state index contributed by atoms with van der Waals surface area (Å²) in [7, 11) is 0. The van der Waals surface area contributed by atoms with Crippen LogP contribution >= 0.6 is 0 Å². The molecule has 3 aromatic carbocycles. The van der Waals surface area contributed by atoms with Crippen molar-refractivity contribution in [3.05, 3.63) is 89.0 Å². The first kappa shape index (κ1) is 16.3. The fraction of sp³-hybridized carbons (Fsp3) is 0.182. The number of aryl methyl sites for hydroxylation is 1. The highest BCUT2D eigenvalue weighted by atomic mass is 16.5. The lowest BCUT2D eigenvalue weighted by atomic mass is 9.95. The predicted molar refractivity (Wildman–Crippen MR) is 100 cm³/mol. The van der Waals surface area contributed by atoms with Gasteiger partial charge < -0.3 is 10.5 Å². The predicted octanol–water partition coefficient (Wildman–Crippen LogP) is 5.01. The minimum atomic E-state index is 0.509. The average molecular weight is 317 g/mol. The Kier molecular flexibility index (Phi) is 4.97. The highest BCUT2D eigenvalue weighted by Gasteiger charge is 2.11. The first-order valence-corrected chi connectivity index (χ1v) is 8.25. The molecule has 0 aromatic heterocycles. The molecule has 2 heteroatoms. The Bertz CT molecular complexity index is 825. The Morgan fingerprint density at radius 1 is 0.792 bits per heavy atom. The van der Waals surface area contributed by atoms with Gasteiger partial charge in [0.05, 0.1) is 0 Å². The van der Waals surface area contributed by atoms with Crippen molar-refractivity contribution in [3.63, 3.8) is 0 Å². The highest BCUT2D eigenvalue weighted by molar-refractivity contribution is 5.74. The molecule has 0 aliphatic carbocycles. The van der Waals surface area contributed by atoms with E-state index >= 15 is 0 Å². The normalized spacial score (nSPS) is 10.6. The van der Waals surface area contributed by atoms with Gasteiger partial charge in [0.1, 0.15) is 12.4 Å². The van der Waals surface area contributed by atoms with Crippen LogP contribution in [0, 0.1) is 13.8 Å². The van der Waals surface area contributed by atoms with E-state index in [4.69, 9.17) is 10.5 Å². The molecule has 0 bridgehead atoms. The van der Waals surface area contributed by atoms with E-state index in [0.29, 0.717) is 13.2 Å². The minimum Gasteiger partial charge on any atom is -0.488 e. The summed E-state index contributed by atoms with van der Waals surface area (Å²) in [6.45, 7) is 5.35. The molecule has 0 aliphatic rings. The van der Waals surface area contributed by atoms with Crippen molar-refractivity contribution in [1.29, 1.82) is 0 Å². The van der Waals surface area contributed by atoms with E-state index in [-0.39, 0.29) is 0 Å². The van der Waals surface area contributed by atoms with Crippen molar-refractivity contribution in [2.75, 3.05) is 0 Å². The second-order valence-electron chi connectivity index (χ2n) is 6.06. The van der Waals surface area contributed by atoms with E-state index in [9.17, 15) is 0 Å². The molecule has 0 spiro atoms. The van der Waals surface area contributed by atoms with Crippen LogP contribution in [0.1, 0.15) is 22.3 Å². The lowest BCUT2D eigenvalue weighted by molar-refractivity contribution is 0.307. The van der Waals surface area contributed by atoms with Crippen LogP contribution in [0.4, 0.5) is 0 Å². The van der Waals surface area contributed by atoms with Crippen LogP contribution in [0.2, 0.25) is 0 Å². The van der Waals surface area contributed by atoms with Gasteiger partial charge in [-0.3, -0.25) is 0 Å². The number of nitrogens with two attached hydrogens (primary N) is 1. The van der Waals surface area contributed by atoms with Gasteiger partial charge in [-0.25, -0.2) is 0 Å². The third-order valence-electron chi connectivity index (χ3n) is 4.41. The van der Waals surface area contributed by atoms with Crippen LogP contribution < -0.4 is 10.5 Å². The molecule has 0 aliphatic heterocycles. The zero-order chi connectivity index (χ0) is 16.9. The van der Waals surface area contributed by atoms with Gasteiger partial charge in [0.2, 0.25) is 0 Å². The molecule has 0 fully saturated rings. The second kappa shape index (κ2) is 7.33. The van der Waals surface area contributed by atoms with Crippen molar-refractivity contribution >= 4 is 0 Å². The molecule has 2 N–H and O–H groups in total. The summed E-state index contributed by atoms with van der Waals surface area (Å²) < 4.78 is 6.16. The van der Waals surface area contributed by atoms with Gasteiger partial charge in [0.25, 0.3) is 0 Å². The Morgan fingerprint density at radius 2 is 1.58 bits per heavy atom. The van der Waals surface area contributed by atoms with Crippen LogP contribution in [0.15, 0.2) is 66.7 Å². The van der Waals surface area contributed by atoms with E-state index in [1.807, 2.05) is 18.2 Å². The Morgan fingerprint density at radius 3 is 2.33 bits per heavy atom. The van der Waals surface area contributed by atoms with Crippen LogP contribution in [-0.2, 0) is 13.2 Å². The maximum absolute atomic E-state index is 6.16. The first-order valence-electron chi connectivity index (χ1n) is 8.25. The summed E-state index contributed by atoms with van der Waals surface area (Å²) >= 11 is 0. The van der Waals surface area contributed by atoms with Crippen molar-refractivity contribution in [2.24, 2.45) is 5.73 Å². The molecule has 3 rings (SSSR count). The van der Waals surface area contributed by atoms with E-state index in [1.165, 1.54) is 16.7 Å². The van der Waals surface area contributed by atoms with Gasteiger partial charge in [-0.1, -0.05) is 60.7 Å². The Balaban J connectivity index is 1.98. The van der Waals surface area contributed by atoms with Crippen LogP contribution in [0.5, 0.6) is 5.75 Å². The van der Waals surface area contributed by atoms with Gasteiger partial charge in [0, 0.05) is 12.1 Å². The van der Waals surface area contributed by atoms with Gasteiger partial charge >= 0.3 is 0 Å². The molecule has 0 unspecified atom stereocenters. The maximum atomic E-state index is 6.16. The minimum absolute atomic E-state index is 0.509. The number of hydrogen-bond acceptors (Lipinski definition) is 2. The topological polar surface area (TPSA) is 35.2 Å². The third-order valence-corrected chi connectivity index (χ3v) is 4.41. The monoisotopic (exact) mass is 317 g/mol. The number of hydrogen-bond donors (Lipinski definition) is 1. The summed E-state index contributed by atoms with van der Waals surface area (Å²) in [5.74, 6) is 0.885. The van der Waals surface area contributed by atoms with E-state index in [2.05, 4.69) is 62.4 Å². The van der Waals surface area contributed by atoms with Gasteiger partial charge in [0.15, 0.2) is 0 Å². The van der Waals surface area contributed by atoms with Crippen LogP contribution in [0.25, 0.3) is 11.1 Å². The van der Waals surface area contributed by atoms with E-state index in [0.717, 1.165) is 22.4 Å². The molecule has 3 aromatic rings. The highest BCUT2D eigenvalue weighted by Crippen LogP contribution is 2.34. The first-order chi connectivity index (χ1) is 11.7. The maximum Gasteiger partial charge on any atom is 0.127 e. The molecular weight excluding hydrogens is 294 g/mol. The van der Waals surface area contributed by atoms with Gasteiger partial charge in [-0.2, -0.15) is 0 Å². The lowest BCUT2D eigenvalue weighted by Crippen LogP contribution is -2.01. The second-order valence-corrected chi connectivity index (χ2v) is 6.06. The molecule has 0 saturated heterocycles. The Labute approximate surface area is 143 Å². The van der Waals surface area contributed by atoms with Crippen molar-refractivity contribution < 1.29 is 4.74 Å². The average Bonchev–Trinajstić information content (AvgIpc) is 2.63. The summed E-state index contributed by atoms with van der Waals surface area (Å²) in [6, 6.07) is 22.8. The standard InChI is InChI=1S/C22H23NO/c1-16-7-6-10-20(17(16)2)21-12-11-19(14-23)13-22(21)24-15-18-8-4-3-5-9-18/h3-13H,14-15,23H2,1-2H3. The SMILES string of the molecule is Cc1cccc(-c2ccc(CN)cc2OCc2ccccc2)c1C. The quantitative estimate of drug-likeness (QED) is 0.718. The molecule has 0 amide bonds. The zero-order valence-electron chi connectivity index (χ0n) is 14.3. The fourth-order valence-corrected chi connectivity index (χ4v) is 2.81. The zero-order valence-corrected chi connectivity index (χ0v) is 14.3. The van der Waals surface area contributed by atoms with Crippen molar-refractivity contribution in [2.45, 2.75) is 27.0 Å². The number of ether oxygens (including phenoxy) is 1. The molecule has 0 saturated carbocycles. The Hall–Kier alpha value is -2.58. The summed E-state index contributed by atoms with van der Waals surface area (Å²) in [6.07, 6.45) is 0. The van der Waals surface area contributed by atoms with E-state index in [1.54, 1.807) is 0 Å². The summed E-state index contributed by atoms with van der Waals surface area (Å²) in [4.78, 5) is 0. The largest absolute Gasteiger partial charge is 0.488 e. The summed E-state index contributed by atoms with van der Waals surface area (Å²) in [5, 5.41) is 0.